The minimum absolute atomic E-state index is 0.674. The first kappa shape index (κ1) is 14.6. The second kappa shape index (κ2) is 6.59. The Morgan fingerprint density at radius 1 is 1.35 bits per heavy atom. The summed E-state index contributed by atoms with van der Waals surface area (Å²) in [6.07, 6.45) is 1.98. The van der Waals surface area contributed by atoms with E-state index >= 15 is 0 Å². The van der Waals surface area contributed by atoms with Crippen molar-refractivity contribution in [3.63, 3.8) is 0 Å². The molecule has 20 heavy (non-hydrogen) atoms. The van der Waals surface area contributed by atoms with E-state index in [1.165, 1.54) is 0 Å². The smallest absolute Gasteiger partial charge is 0.153 e. The van der Waals surface area contributed by atoms with Crippen molar-refractivity contribution in [2.45, 2.75) is 20.8 Å². The number of hydrogen-bond acceptors (Lipinski definition) is 3. The third kappa shape index (κ3) is 3.21. The van der Waals surface area contributed by atoms with Crippen LogP contribution in [0, 0.1) is 0 Å². The summed E-state index contributed by atoms with van der Waals surface area (Å²) in [5, 5.41) is 2.50. The molecule has 0 saturated heterocycles. The molecule has 0 unspecified atom stereocenters. The Balaban J connectivity index is 2.16. The van der Waals surface area contributed by atoms with Gasteiger partial charge in [-0.25, -0.2) is 5.01 Å². The highest BCUT2D eigenvalue weighted by Crippen LogP contribution is 2.25. The second-order valence-electron chi connectivity index (χ2n) is 4.37. The zero-order valence-electron chi connectivity index (χ0n) is 11.9. The summed E-state index contributed by atoms with van der Waals surface area (Å²) >= 11 is 6.12. The first-order valence-corrected chi connectivity index (χ1v) is 6.88. The molecule has 0 atom stereocenters. The van der Waals surface area contributed by atoms with Gasteiger partial charge in [0.15, 0.2) is 5.84 Å². The van der Waals surface area contributed by atoms with Crippen LogP contribution in [0.2, 0.25) is 0 Å². The van der Waals surface area contributed by atoms with Crippen LogP contribution in [0.5, 0.6) is 5.75 Å². The molecule has 1 aliphatic heterocycles. The van der Waals surface area contributed by atoms with Crippen LogP contribution in [-0.4, -0.2) is 17.4 Å². The topological polar surface area (TPSA) is 36.9 Å². The van der Waals surface area contributed by atoms with E-state index in [4.69, 9.17) is 16.4 Å². The lowest BCUT2D eigenvalue weighted by Crippen LogP contribution is -2.41. The van der Waals surface area contributed by atoms with Crippen molar-refractivity contribution in [3.8, 4) is 5.75 Å². The van der Waals surface area contributed by atoms with Crippen LogP contribution in [0.15, 0.2) is 57.7 Å². The lowest BCUT2D eigenvalue weighted by molar-refractivity contribution is 0.0824. The average Bonchev–Trinajstić information content (AvgIpc) is 2.75. The summed E-state index contributed by atoms with van der Waals surface area (Å²) in [5.74, 6) is 1.50. The molecule has 106 valence electrons. The highest BCUT2D eigenvalue weighted by atomic mass is 35.5. The summed E-state index contributed by atoms with van der Waals surface area (Å²) in [7, 11) is 0. The Kier molecular flexibility index (Phi) is 4.82. The van der Waals surface area contributed by atoms with Crippen LogP contribution in [-0.2, 0) is 0 Å². The van der Waals surface area contributed by atoms with Gasteiger partial charge in [0.25, 0.3) is 0 Å². The van der Waals surface area contributed by atoms with E-state index in [9.17, 15) is 0 Å². The molecule has 2 rings (SSSR count). The lowest BCUT2D eigenvalue weighted by Gasteiger charge is -2.22. The zero-order chi connectivity index (χ0) is 14.5. The molecular weight excluding hydrogens is 274 g/mol. The Morgan fingerprint density at radius 3 is 2.65 bits per heavy atom. The molecule has 1 aromatic carbocycles. The fourth-order valence-electron chi connectivity index (χ4n) is 1.89. The van der Waals surface area contributed by atoms with Crippen LogP contribution in [0.3, 0.4) is 0 Å². The van der Waals surface area contributed by atoms with E-state index < -0.39 is 0 Å². The van der Waals surface area contributed by atoms with Gasteiger partial charge in [-0.15, -0.1) is 0 Å². The molecule has 1 N–H and O–H groups in total. The lowest BCUT2D eigenvalue weighted by atomic mass is 10.2. The molecule has 0 aliphatic carbocycles. The maximum atomic E-state index is 6.12. The molecule has 0 saturated carbocycles. The molecule has 0 bridgehead atoms. The Labute approximate surface area is 124 Å². The highest BCUT2D eigenvalue weighted by molar-refractivity contribution is 6.32. The summed E-state index contributed by atoms with van der Waals surface area (Å²) in [4.78, 5) is 10.0. The molecule has 0 aromatic heterocycles. The Morgan fingerprint density at radius 2 is 2.05 bits per heavy atom. The van der Waals surface area contributed by atoms with Gasteiger partial charge in [0.2, 0.25) is 0 Å². The number of allylic oxidation sites excluding steroid dienone is 2. The number of nitrogens with one attached hydrogen (secondary N) is 1. The first-order valence-electron chi connectivity index (χ1n) is 6.50. The molecule has 0 radical (unpaired) electrons. The van der Waals surface area contributed by atoms with Crippen molar-refractivity contribution in [2.75, 3.05) is 6.54 Å². The van der Waals surface area contributed by atoms with Crippen molar-refractivity contribution in [1.82, 2.24) is 10.6 Å². The van der Waals surface area contributed by atoms with Crippen molar-refractivity contribution in [1.29, 1.82) is 0 Å². The monoisotopic (exact) mass is 291 g/mol. The zero-order valence-corrected chi connectivity index (χ0v) is 12.6. The molecule has 0 fully saturated rings. The van der Waals surface area contributed by atoms with Crippen LogP contribution < -0.4 is 10.4 Å². The van der Waals surface area contributed by atoms with E-state index in [1.54, 1.807) is 5.01 Å². The number of aliphatic imine (C=N–C) groups is 1. The highest BCUT2D eigenvalue weighted by Gasteiger charge is 2.25. The number of para-hydroxylation sites is 1. The Bertz CT molecular complexity index is 560. The minimum atomic E-state index is 0.674. The molecule has 0 spiro atoms. The predicted molar refractivity (Wildman–Crippen MR) is 82.3 cm³/mol. The van der Waals surface area contributed by atoms with Gasteiger partial charge in [-0.05, 0) is 39.0 Å². The van der Waals surface area contributed by atoms with Crippen molar-refractivity contribution < 1.29 is 4.84 Å². The number of halogens is 1. The molecule has 1 heterocycles. The van der Waals surface area contributed by atoms with Crippen LogP contribution in [0.25, 0.3) is 0 Å². The maximum absolute atomic E-state index is 6.12. The second-order valence-corrected chi connectivity index (χ2v) is 4.94. The number of benzene rings is 1. The maximum Gasteiger partial charge on any atom is 0.153 e. The summed E-state index contributed by atoms with van der Waals surface area (Å²) in [6.45, 7) is 6.48. The number of hydrazine groups is 1. The van der Waals surface area contributed by atoms with Gasteiger partial charge in [-0.3, -0.25) is 4.99 Å². The molecule has 4 nitrogen and oxygen atoms in total. The van der Waals surface area contributed by atoms with E-state index in [-0.39, 0.29) is 0 Å². The summed E-state index contributed by atoms with van der Waals surface area (Å²) in [5.41, 5.74) is 4.80. The van der Waals surface area contributed by atoms with Gasteiger partial charge in [0.1, 0.15) is 5.75 Å². The number of nitrogens with zero attached hydrogens (tertiary/aromatic N) is 2. The van der Waals surface area contributed by atoms with E-state index in [2.05, 4.69) is 10.6 Å². The minimum Gasteiger partial charge on any atom is -0.389 e. The fourth-order valence-corrected chi connectivity index (χ4v) is 2.03. The molecule has 0 amide bonds. The van der Waals surface area contributed by atoms with Crippen LogP contribution in [0.4, 0.5) is 0 Å². The normalized spacial score (nSPS) is 19.3. The average molecular weight is 292 g/mol. The summed E-state index contributed by atoms with van der Waals surface area (Å²) < 4.78 is 0. The van der Waals surface area contributed by atoms with Crippen LogP contribution >= 0.6 is 11.6 Å². The van der Waals surface area contributed by atoms with Crippen LogP contribution in [0.1, 0.15) is 20.8 Å². The van der Waals surface area contributed by atoms with Crippen molar-refractivity contribution in [2.24, 2.45) is 4.99 Å². The van der Waals surface area contributed by atoms with Gasteiger partial charge in [0, 0.05) is 22.8 Å². The third-order valence-electron chi connectivity index (χ3n) is 2.84. The fraction of sp³-hybridized carbons (Fsp3) is 0.267. The predicted octanol–water partition coefficient (Wildman–Crippen LogP) is 3.64. The van der Waals surface area contributed by atoms with Crippen molar-refractivity contribution >= 4 is 17.4 Å². The summed E-state index contributed by atoms with van der Waals surface area (Å²) in [6, 6.07) is 9.53. The van der Waals surface area contributed by atoms with Gasteiger partial charge < -0.3 is 4.84 Å². The van der Waals surface area contributed by atoms with E-state index in [1.807, 2.05) is 57.2 Å². The molecule has 5 heteroatoms. The van der Waals surface area contributed by atoms with Gasteiger partial charge >= 0.3 is 0 Å². The molecule has 1 aromatic rings. The quantitative estimate of drug-likeness (QED) is 0.861. The van der Waals surface area contributed by atoms with Gasteiger partial charge in [0.05, 0.1) is 0 Å². The van der Waals surface area contributed by atoms with E-state index in [0.29, 0.717) is 11.6 Å². The number of rotatable bonds is 4. The largest absolute Gasteiger partial charge is 0.389 e. The number of hydrogen-bond donors (Lipinski definition) is 1. The van der Waals surface area contributed by atoms with Gasteiger partial charge in [-0.2, -0.15) is 0 Å². The Hall–Kier alpha value is -1.78. The van der Waals surface area contributed by atoms with Gasteiger partial charge in [-0.1, -0.05) is 35.4 Å². The standard InChI is InChI=1S/C15H18ClN3O/c1-4-17-15-14(12(3)16)10-11(2)19(15)18-20-13-8-6-5-7-9-13/h5-10,18H,4H2,1-3H3/b14-12+,17-15?. The number of amidine groups is 1. The third-order valence-corrected chi connectivity index (χ3v) is 3.04. The van der Waals surface area contributed by atoms with Crippen molar-refractivity contribution in [3.05, 3.63) is 52.7 Å². The SMILES string of the molecule is CCN=C1/C(=C(\C)Cl)C=C(C)N1NOc1ccccc1. The molecular formula is C15H18ClN3O. The van der Waals surface area contributed by atoms with E-state index in [0.717, 1.165) is 22.9 Å². The first-order chi connectivity index (χ1) is 9.63. The molecule has 1 aliphatic rings.